The Balaban J connectivity index is 2.62. The van der Waals surface area contributed by atoms with Crippen LogP contribution in [0.25, 0.3) is 0 Å². The fraction of sp³-hybridized carbons (Fsp3) is 0.600. The molecule has 2 aromatic rings. The van der Waals surface area contributed by atoms with Gasteiger partial charge in [-0.1, -0.05) is 67.5 Å². The maximum atomic E-state index is 11.0. The summed E-state index contributed by atoms with van der Waals surface area (Å²) in [5.41, 5.74) is 4.58. The third-order valence-electron chi connectivity index (χ3n) is 5.15. The Morgan fingerprint density at radius 3 is 1.79 bits per heavy atom. The molecule has 2 nitrogen and oxygen atoms in total. The molecule has 162 valence electrons. The highest BCUT2D eigenvalue weighted by Crippen LogP contribution is 2.41. The number of aromatic hydroxyl groups is 1. The van der Waals surface area contributed by atoms with E-state index in [1.165, 1.54) is 21.0 Å². The minimum Gasteiger partial charge on any atom is -0.507 e. The van der Waals surface area contributed by atoms with Crippen molar-refractivity contribution in [2.24, 2.45) is 0 Å². The average Bonchev–Trinajstić information content (AvgIpc) is 2.92. The van der Waals surface area contributed by atoms with Crippen molar-refractivity contribution < 1.29 is 5.11 Å². The monoisotopic (exact) mass is 433 g/mol. The SMILES string of the molecule is CCSc1c(Cc2cc(C(C)(C)C)c(O)c(C(C)(C)C)c2)cn(CC)c1SCC. The molecule has 0 unspecified atom stereocenters. The van der Waals surface area contributed by atoms with Crippen LogP contribution >= 0.6 is 23.5 Å². The quantitative estimate of drug-likeness (QED) is 0.454. The van der Waals surface area contributed by atoms with E-state index in [0.717, 1.165) is 35.6 Å². The number of thioether (sulfide) groups is 2. The summed E-state index contributed by atoms with van der Waals surface area (Å²) >= 11 is 3.90. The van der Waals surface area contributed by atoms with Crippen LogP contribution in [-0.4, -0.2) is 21.2 Å². The molecule has 2 rings (SSSR count). The van der Waals surface area contributed by atoms with Gasteiger partial charge < -0.3 is 9.67 Å². The topological polar surface area (TPSA) is 25.2 Å². The van der Waals surface area contributed by atoms with Crippen molar-refractivity contribution in [1.29, 1.82) is 0 Å². The largest absolute Gasteiger partial charge is 0.507 e. The zero-order chi connectivity index (χ0) is 22.0. The van der Waals surface area contributed by atoms with Crippen molar-refractivity contribution in [3.63, 3.8) is 0 Å². The molecule has 0 fully saturated rings. The predicted molar refractivity (Wildman–Crippen MR) is 131 cm³/mol. The maximum absolute atomic E-state index is 11.0. The van der Waals surface area contributed by atoms with Gasteiger partial charge in [0, 0.05) is 24.1 Å². The van der Waals surface area contributed by atoms with E-state index in [9.17, 15) is 5.11 Å². The number of benzene rings is 1. The first-order valence-corrected chi connectivity index (χ1v) is 12.8. The summed E-state index contributed by atoms with van der Waals surface area (Å²) in [4.78, 5) is 1.43. The van der Waals surface area contributed by atoms with Crippen LogP contribution in [0, 0.1) is 0 Å². The first kappa shape index (κ1) is 24.3. The van der Waals surface area contributed by atoms with Gasteiger partial charge >= 0.3 is 0 Å². The van der Waals surface area contributed by atoms with E-state index in [1.807, 2.05) is 23.5 Å². The number of nitrogens with zero attached hydrogens (tertiary/aromatic N) is 1. The summed E-state index contributed by atoms with van der Waals surface area (Å²) in [5, 5.41) is 12.4. The van der Waals surface area contributed by atoms with Crippen LogP contribution < -0.4 is 0 Å². The Bertz CT molecular complexity index is 803. The summed E-state index contributed by atoms with van der Waals surface area (Å²) in [6, 6.07) is 4.45. The van der Waals surface area contributed by atoms with Crippen molar-refractivity contribution in [3.8, 4) is 5.75 Å². The number of rotatable bonds is 7. The van der Waals surface area contributed by atoms with E-state index >= 15 is 0 Å². The van der Waals surface area contributed by atoms with Crippen molar-refractivity contribution in [2.45, 2.75) is 96.0 Å². The van der Waals surface area contributed by atoms with Crippen molar-refractivity contribution in [3.05, 3.63) is 40.6 Å². The van der Waals surface area contributed by atoms with Crippen LogP contribution in [0.3, 0.4) is 0 Å². The maximum Gasteiger partial charge on any atom is 0.123 e. The molecule has 0 amide bonds. The molecule has 0 aliphatic rings. The third-order valence-corrected chi connectivity index (χ3v) is 7.31. The van der Waals surface area contributed by atoms with Crippen LogP contribution in [0.15, 0.2) is 28.3 Å². The molecular formula is C25H39NOS2. The molecule has 29 heavy (non-hydrogen) atoms. The zero-order valence-corrected chi connectivity index (χ0v) is 21.4. The van der Waals surface area contributed by atoms with E-state index in [-0.39, 0.29) is 10.8 Å². The van der Waals surface area contributed by atoms with Crippen LogP contribution in [0.2, 0.25) is 0 Å². The normalized spacial score (nSPS) is 12.6. The van der Waals surface area contributed by atoms with Gasteiger partial charge in [0.1, 0.15) is 5.75 Å². The van der Waals surface area contributed by atoms with Gasteiger partial charge in [0.05, 0.1) is 5.03 Å². The highest BCUT2D eigenvalue weighted by Gasteiger charge is 2.27. The van der Waals surface area contributed by atoms with Crippen LogP contribution in [0.5, 0.6) is 5.75 Å². The fourth-order valence-electron chi connectivity index (χ4n) is 3.68. The molecule has 4 heteroatoms. The van der Waals surface area contributed by atoms with Crippen molar-refractivity contribution in [2.75, 3.05) is 11.5 Å². The Morgan fingerprint density at radius 1 is 0.862 bits per heavy atom. The lowest BCUT2D eigenvalue weighted by molar-refractivity contribution is 0.423. The Hall–Kier alpha value is -1.00. The lowest BCUT2D eigenvalue weighted by atomic mass is 9.78. The minimum atomic E-state index is -0.0976. The molecule has 0 aliphatic heterocycles. The van der Waals surface area contributed by atoms with E-state index in [0.29, 0.717) is 5.75 Å². The molecule has 0 aliphatic carbocycles. The number of hydrogen-bond donors (Lipinski definition) is 1. The Morgan fingerprint density at radius 2 is 1.38 bits per heavy atom. The second-order valence-electron chi connectivity index (χ2n) is 9.66. The first-order chi connectivity index (χ1) is 13.4. The molecule has 1 aromatic carbocycles. The fourth-order valence-corrected chi connectivity index (χ4v) is 5.75. The zero-order valence-electron chi connectivity index (χ0n) is 19.8. The molecule has 0 atom stereocenters. The summed E-state index contributed by atoms with van der Waals surface area (Å²) in [6.45, 7) is 20.8. The third kappa shape index (κ3) is 5.58. The van der Waals surface area contributed by atoms with Gasteiger partial charge in [-0.25, -0.2) is 0 Å². The average molecular weight is 434 g/mol. The molecule has 1 heterocycles. The lowest BCUT2D eigenvalue weighted by Crippen LogP contribution is -2.18. The number of phenolic OH excluding ortho intramolecular Hbond substituents is 1. The molecule has 1 N–H and O–H groups in total. The smallest absolute Gasteiger partial charge is 0.123 e. The van der Waals surface area contributed by atoms with E-state index in [1.54, 1.807) is 0 Å². The molecule has 0 spiro atoms. The standard InChI is InChI=1S/C25H39NOS2/c1-10-26-16-18(22(28-11-2)23(26)29-12-3)13-17-14-19(24(4,5)6)21(27)20(15-17)25(7,8)9/h14-16,27H,10-13H2,1-9H3. The highest BCUT2D eigenvalue weighted by atomic mass is 32.2. The molecule has 0 saturated carbocycles. The predicted octanol–water partition coefficient (Wildman–Crippen LogP) is 7.62. The van der Waals surface area contributed by atoms with Crippen LogP contribution in [0.4, 0.5) is 0 Å². The lowest BCUT2D eigenvalue weighted by Gasteiger charge is -2.28. The van der Waals surface area contributed by atoms with Gasteiger partial charge in [0.2, 0.25) is 0 Å². The Kier molecular flexibility index (Phi) is 7.89. The minimum absolute atomic E-state index is 0.0976. The highest BCUT2D eigenvalue weighted by molar-refractivity contribution is 8.02. The van der Waals surface area contributed by atoms with E-state index in [4.69, 9.17) is 0 Å². The number of hydrogen-bond acceptors (Lipinski definition) is 3. The van der Waals surface area contributed by atoms with Crippen molar-refractivity contribution >= 4 is 23.5 Å². The second-order valence-corrected chi connectivity index (χ2v) is 12.2. The molecule has 1 aromatic heterocycles. The Labute approximate surface area is 186 Å². The van der Waals surface area contributed by atoms with Gasteiger partial charge in [0.25, 0.3) is 0 Å². The van der Waals surface area contributed by atoms with Crippen LogP contribution in [-0.2, 0) is 23.8 Å². The number of phenols is 1. The van der Waals surface area contributed by atoms with Crippen LogP contribution in [0.1, 0.15) is 84.6 Å². The summed E-state index contributed by atoms with van der Waals surface area (Å²) in [5.74, 6) is 2.63. The van der Waals surface area contributed by atoms with Crippen molar-refractivity contribution in [1.82, 2.24) is 4.57 Å². The second kappa shape index (κ2) is 9.43. The summed E-state index contributed by atoms with van der Waals surface area (Å²) < 4.78 is 2.40. The van der Waals surface area contributed by atoms with E-state index < -0.39 is 0 Å². The van der Waals surface area contributed by atoms with E-state index in [2.05, 4.69) is 85.2 Å². The molecular weight excluding hydrogens is 394 g/mol. The van der Waals surface area contributed by atoms with Gasteiger partial charge in [-0.2, -0.15) is 0 Å². The molecule has 0 saturated heterocycles. The van der Waals surface area contributed by atoms with Gasteiger partial charge in [-0.3, -0.25) is 0 Å². The summed E-state index contributed by atoms with van der Waals surface area (Å²) in [6.07, 6.45) is 3.25. The number of aryl methyl sites for hydroxylation is 1. The first-order valence-electron chi connectivity index (χ1n) is 10.8. The number of aromatic nitrogens is 1. The molecule has 0 bridgehead atoms. The van der Waals surface area contributed by atoms with Gasteiger partial charge in [-0.05, 0) is 51.5 Å². The molecule has 0 radical (unpaired) electrons. The van der Waals surface area contributed by atoms with Gasteiger partial charge in [-0.15, -0.1) is 23.5 Å². The summed E-state index contributed by atoms with van der Waals surface area (Å²) in [7, 11) is 0. The van der Waals surface area contributed by atoms with Gasteiger partial charge in [0.15, 0.2) is 0 Å².